The summed E-state index contributed by atoms with van der Waals surface area (Å²) in [5.41, 5.74) is 11.6. The molecule has 7 heteroatoms. The summed E-state index contributed by atoms with van der Waals surface area (Å²) in [5, 5.41) is 14.2. The first-order valence-corrected chi connectivity index (χ1v) is 11.5. The van der Waals surface area contributed by atoms with Gasteiger partial charge in [-0.2, -0.15) is 0 Å². The predicted molar refractivity (Wildman–Crippen MR) is 135 cm³/mol. The number of rotatable bonds is 5. The van der Waals surface area contributed by atoms with Crippen LogP contribution in [0.4, 0.5) is 17.1 Å². The van der Waals surface area contributed by atoms with Crippen molar-refractivity contribution in [3.63, 3.8) is 0 Å². The van der Waals surface area contributed by atoms with Crippen molar-refractivity contribution in [2.24, 2.45) is 5.73 Å². The Morgan fingerprint density at radius 3 is 2.61 bits per heavy atom. The molecule has 1 aliphatic rings. The Labute approximate surface area is 200 Å². The third-order valence-corrected chi connectivity index (χ3v) is 6.42. The number of aliphatic hydroxyl groups excluding tert-OH is 1. The lowest BCUT2D eigenvalue weighted by atomic mass is 9.97. The predicted octanol–water partition coefficient (Wildman–Crippen LogP) is 5.33. The van der Waals surface area contributed by atoms with Gasteiger partial charge < -0.3 is 21.1 Å². The molecule has 1 aliphatic heterocycles. The quantitative estimate of drug-likeness (QED) is 0.377. The number of β-amino-alcohol motifs (C(OH)–C–C–N with tert-alkyl or cyclic N) is 1. The van der Waals surface area contributed by atoms with Crippen molar-refractivity contribution in [3.8, 4) is 11.1 Å². The molecule has 4 rings (SSSR count). The van der Waals surface area contributed by atoms with Gasteiger partial charge in [0.15, 0.2) is 0 Å². The number of primary amides is 1. The van der Waals surface area contributed by atoms with Gasteiger partial charge in [-0.25, -0.2) is 0 Å². The zero-order valence-corrected chi connectivity index (χ0v) is 19.9. The number of nitrogens with two attached hydrogens (primary N) is 1. The van der Waals surface area contributed by atoms with Crippen LogP contribution in [0.15, 0.2) is 54.6 Å². The van der Waals surface area contributed by atoms with Crippen LogP contribution in [0.3, 0.4) is 0 Å². The van der Waals surface area contributed by atoms with Crippen LogP contribution in [0.2, 0.25) is 5.02 Å². The first kappa shape index (κ1) is 21.9. The highest BCUT2D eigenvalue weighted by atomic mass is 127. The summed E-state index contributed by atoms with van der Waals surface area (Å²) in [6.07, 6.45) is 0.217. The molecule has 0 aromatic heterocycles. The normalized spacial score (nSPS) is 15.9. The van der Waals surface area contributed by atoms with Crippen molar-refractivity contribution in [2.75, 3.05) is 23.3 Å². The lowest BCUT2D eigenvalue weighted by molar-refractivity contribution is 0.100. The van der Waals surface area contributed by atoms with Crippen LogP contribution in [0.1, 0.15) is 22.3 Å². The number of anilines is 3. The number of carbonyl (C=O) groups is 1. The Bertz CT molecular complexity index is 1150. The summed E-state index contributed by atoms with van der Waals surface area (Å²) in [6, 6.07) is 17.4. The van der Waals surface area contributed by atoms with Gasteiger partial charge in [-0.1, -0.05) is 23.7 Å². The zero-order valence-electron chi connectivity index (χ0n) is 17.0. The molecule has 1 heterocycles. The van der Waals surface area contributed by atoms with Crippen molar-refractivity contribution in [2.45, 2.75) is 19.4 Å². The Kier molecular flexibility index (Phi) is 6.41. The minimum atomic E-state index is -0.497. The van der Waals surface area contributed by atoms with Gasteiger partial charge in [0.2, 0.25) is 0 Å². The van der Waals surface area contributed by atoms with E-state index in [-0.39, 0.29) is 0 Å². The number of nitrogens with one attached hydrogen (secondary N) is 1. The second kappa shape index (κ2) is 9.06. The summed E-state index contributed by atoms with van der Waals surface area (Å²) < 4.78 is 1.17. The van der Waals surface area contributed by atoms with E-state index in [4.69, 9.17) is 17.3 Å². The van der Waals surface area contributed by atoms with Crippen LogP contribution in [0.25, 0.3) is 11.1 Å². The van der Waals surface area contributed by atoms with Crippen LogP contribution < -0.4 is 16.0 Å². The Hall–Kier alpha value is -2.29. The van der Waals surface area contributed by atoms with Gasteiger partial charge in [-0.15, -0.1) is 0 Å². The zero-order chi connectivity index (χ0) is 22.1. The molecule has 1 saturated heterocycles. The van der Waals surface area contributed by atoms with E-state index in [1.54, 1.807) is 6.07 Å². The van der Waals surface area contributed by atoms with Gasteiger partial charge in [0.1, 0.15) is 0 Å². The van der Waals surface area contributed by atoms with E-state index in [1.807, 2.05) is 41.3 Å². The highest BCUT2D eigenvalue weighted by molar-refractivity contribution is 14.1. The molecule has 0 saturated carbocycles. The van der Waals surface area contributed by atoms with E-state index in [0.717, 1.165) is 33.8 Å². The molecule has 0 aliphatic carbocycles. The smallest absolute Gasteiger partial charge is 0.250 e. The van der Waals surface area contributed by atoms with E-state index in [9.17, 15) is 9.90 Å². The second-order valence-corrected chi connectivity index (χ2v) is 9.41. The third kappa shape index (κ3) is 4.66. The molecule has 3 aromatic rings. The maximum absolute atomic E-state index is 12.3. The van der Waals surface area contributed by atoms with Gasteiger partial charge in [0.25, 0.3) is 5.91 Å². The molecule has 4 N–H and O–H groups in total. The lowest BCUT2D eigenvalue weighted by Crippen LogP contribution is -2.26. The first-order chi connectivity index (χ1) is 14.8. The summed E-state index contributed by atoms with van der Waals surface area (Å²) >= 11 is 8.68. The number of nitrogens with zero attached hydrogens (tertiary/aromatic N) is 1. The highest BCUT2D eigenvalue weighted by Gasteiger charge is 2.27. The van der Waals surface area contributed by atoms with Crippen LogP contribution in [-0.2, 0) is 0 Å². The number of hydrogen-bond donors (Lipinski definition) is 3. The number of para-hydroxylation sites is 1. The molecule has 1 fully saturated rings. The van der Waals surface area contributed by atoms with Crippen LogP contribution in [0, 0.1) is 10.5 Å². The Morgan fingerprint density at radius 1 is 1.16 bits per heavy atom. The molecule has 160 valence electrons. The van der Waals surface area contributed by atoms with E-state index in [1.165, 1.54) is 3.57 Å². The fourth-order valence-corrected chi connectivity index (χ4v) is 4.83. The van der Waals surface area contributed by atoms with Crippen molar-refractivity contribution < 1.29 is 9.90 Å². The Morgan fingerprint density at radius 2 is 1.94 bits per heavy atom. The molecule has 1 atom stereocenters. The minimum absolute atomic E-state index is 0.430. The first-order valence-electron chi connectivity index (χ1n) is 10.0. The molecule has 0 spiro atoms. The summed E-state index contributed by atoms with van der Waals surface area (Å²) in [7, 11) is 0. The number of carbonyl (C=O) groups excluding carboxylic acids is 1. The van der Waals surface area contributed by atoms with E-state index >= 15 is 0 Å². The molecular formula is C24H23ClIN3O2. The van der Waals surface area contributed by atoms with Gasteiger partial charge in [0, 0.05) is 44.2 Å². The van der Waals surface area contributed by atoms with Crippen molar-refractivity contribution in [1.82, 2.24) is 0 Å². The van der Waals surface area contributed by atoms with Crippen molar-refractivity contribution in [1.29, 1.82) is 0 Å². The van der Waals surface area contributed by atoms with E-state index < -0.39 is 12.0 Å². The second-order valence-electron chi connectivity index (χ2n) is 7.73. The van der Waals surface area contributed by atoms with E-state index in [0.29, 0.717) is 30.1 Å². The number of aliphatic hydroxyl groups is 1. The molecule has 5 nitrogen and oxygen atoms in total. The summed E-state index contributed by atoms with van der Waals surface area (Å²) in [4.78, 5) is 14.3. The van der Waals surface area contributed by atoms with Gasteiger partial charge in [-0.05, 0) is 84.0 Å². The number of aryl methyl sites for hydroxylation is 1. The maximum atomic E-state index is 12.3. The summed E-state index contributed by atoms with van der Waals surface area (Å²) in [5.74, 6) is -0.497. The minimum Gasteiger partial charge on any atom is -0.391 e. The fraction of sp³-hybridized carbons (Fsp3) is 0.208. The van der Waals surface area contributed by atoms with Crippen LogP contribution >= 0.6 is 34.2 Å². The fourth-order valence-electron chi connectivity index (χ4n) is 4.01. The van der Waals surface area contributed by atoms with E-state index in [2.05, 4.69) is 47.0 Å². The van der Waals surface area contributed by atoms with Crippen molar-refractivity contribution >= 4 is 57.2 Å². The standard InChI is InChI=1S/C24H23ClIN3O2/c1-14-11-16(26)6-8-21(14)28-22-7-5-15(25)12-20(22)18-3-2-4-19(24(27)31)23(18)29-10-9-17(30)13-29/h2-8,11-12,17,28,30H,9-10,13H2,1H3,(H2,27,31). The SMILES string of the molecule is Cc1cc(I)ccc1Nc1ccc(Cl)cc1-c1cccc(C(N)=O)c1N1CCC(O)C1. The third-order valence-electron chi connectivity index (χ3n) is 5.51. The van der Waals surface area contributed by atoms with Gasteiger partial charge in [0.05, 0.1) is 17.4 Å². The van der Waals surface area contributed by atoms with Crippen molar-refractivity contribution in [3.05, 3.63) is 74.3 Å². The van der Waals surface area contributed by atoms with Gasteiger partial charge in [-0.3, -0.25) is 4.79 Å². The van der Waals surface area contributed by atoms with Crippen LogP contribution in [0.5, 0.6) is 0 Å². The average Bonchev–Trinajstić information content (AvgIpc) is 3.16. The average molecular weight is 548 g/mol. The number of halogens is 2. The van der Waals surface area contributed by atoms with Crippen LogP contribution in [-0.4, -0.2) is 30.2 Å². The molecule has 3 aromatic carbocycles. The molecule has 0 radical (unpaired) electrons. The molecule has 31 heavy (non-hydrogen) atoms. The number of hydrogen-bond acceptors (Lipinski definition) is 4. The molecular weight excluding hydrogens is 525 g/mol. The van der Waals surface area contributed by atoms with Gasteiger partial charge >= 0.3 is 0 Å². The maximum Gasteiger partial charge on any atom is 0.250 e. The molecule has 1 unspecified atom stereocenters. The molecule has 0 bridgehead atoms. The number of amides is 1. The highest BCUT2D eigenvalue weighted by Crippen LogP contribution is 2.41. The molecule has 1 amide bonds. The topological polar surface area (TPSA) is 78.6 Å². The number of benzene rings is 3. The summed E-state index contributed by atoms with van der Waals surface area (Å²) in [6.45, 7) is 3.17. The Balaban J connectivity index is 1.87. The monoisotopic (exact) mass is 547 g/mol. The largest absolute Gasteiger partial charge is 0.391 e. The lowest BCUT2D eigenvalue weighted by Gasteiger charge is -2.25.